The van der Waals surface area contributed by atoms with Gasteiger partial charge in [-0.05, 0) is 6.92 Å². The van der Waals surface area contributed by atoms with Crippen LogP contribution in [-0.4, -0.2) is 59.3 Å². The van der Waals surface area contributed by atoms with Gasteiger partial charge in [0.2, 0.25) is 0 Å². The van der Waals surface area contributed by atoms with Crippen LogP contribution in [0, 0.1) is 18.3 Å². The molecule has 0 bridgehead atoms. The highest BCUT2D eigenvalue weighted by Crippen LogP contribution is 2.17. The van der Waals surface area contributed by atoms with Crippen molar-refractivity contribution in [2.24, 2.45) is 0 Å². The molecule has 1 fully saturated rings. The zero-order valence-electron chi connectivity index (χ0n) is 11.8. The van der Waals surface area contributed by atoms with Gasteiger partial charge in [-0.3, -0.25) is 14.5 Å². The van der Waals surface area contributed by atoms with Crippen molar-refractivity contribution in [3.8, 4) is 6.07 Å². The van der Waals surface area contributed by atoms with Gasteiger partial charge < -0.3 is 10.2 Å². The van der Waals surface area contributed by atoms with E-state index < -0.39 is 11.8 Å². The summed E-state index contributed by atoms with van der Waals surface area (Å²) in [4.78, 5) is 31.6. The van der Waals surface area contributed by atoms with Crippen LogP contribution in [0.2, 0.25) is 0 Å². The second-order valence-electron chi connectivity index (χ2n) is 4.74. The predicted octanol–water partition coefficient (Wildman–Crippen LogP) is 0.448. The lowest BCUT2D eigenvalue weighted by Crippen LogP contribution is -2.51. The minimum Gasteiger partial charge on any atom is -0.332 e. The van der Waals surface area contributed by atoms with Crippen molar-refractivity contribution in [2.75, 3.05) is 38.0 Å². The van der Waals surface area contributed by atoms with E-state index in [4.69, 9.17) is 5.26 Å². The number of anilines is 1. The molecule has 0 radical (unpaired) electrons. The summed E-state index contributed by atoms with van der Waals surface area (Å²) in [5.41, 5.74) is 0. The Kier molecular flexibility index (Phi) is 5.25. The van der Waals surface area contributed by atoms with E-state index in [9.17, 15) is 9.59 Å². The zero-order chi connectivity index (χ0) is 15.2. The molecule has 0 spiro atoms. The number of rotatable bonds is 3. The molecule has 0 atom stereocenters. The first-order chi connectivity index (χ1) is 10.1. The van der Waals surface area contributed by atoms with E-state index in [0.29, 0.717) is 44.1 Å². The van der Waals surface area contributed by atoms with Crippen molar-refractivity contribution in [3.05, 3.63) is 11.2 Å². The Bertz CT molecular complexity index is 557. The maximum absolute atomic E-state index is 12.1. The Balaban J connectivity index is 1.81. The largest absolute Gasteiger partial charge is 0.332 e. The van der Waals surface area contributed by atoms with Gasteiger partial charge in [0.1, 0.15) is 5.00 Å². The Morgan fingerprint density at radius 3 is 2.71 bits per heavy atom. The maximum atomic E-state index is 12.1. The Morgan fingerprint density at radius 2 is 2.14 bits per heavy atom. The number of nitriles is 1. The third-order valence-corrected chi connectivity index (χ3v) is 4.08. The summed E-state index contributed by atoms with van der Waals surface area (Å²) in [5, 5.41) is 12.5. The molecule has 0 unspecified atom stereocenters. The average Bonchev–Trinajstić information content (AvgIpc) is 2.90. The SMILES string of the molecule is Cc1ncc(NC(=O)C(=O)N2CCN(CCC#N)CC2)s1. The molecule has 2 rings (SSSR count). The number of nitrogens with zero attached hydrogens (tertiary/aromatic N) is 4. The van der Waals surface area contributed by atoms with Gasteiger partial charge in [0.15, 0.2) is 0 Å². The average molecular weight is 307 g/mol. The highest BCUT2D eigenvalue weighted by molar-refractivity contribution is 7.15. The van der Waals surface area contributed by atoms with Gasteiger partial charge in [-0.25, -0.2) is 4.98 Å². The molecule has 1 aliphatic heterocycles. The number of aromatic nitrogens is 1. The molecule has 1 aliphatic rings. The monoisotopic (exact) mass is 307 g/mol. The molecule has 21 heavy (non-hydrogen) atoms. The summed E-state index contributed by atoms with van der Waals surface area (Å²) in [7, 11) is 0. The smallest absolute Gasteiger partial charge is 0.314 e. The van der Waals surface area contributed by atoms with E-state index >= 15 is 0 Å². The fraction of sp³-hybridized carbons (Fsp3) is 0.538. The zero-order valence-corrected chi connectivity index (χ0v) is 12.7. The number of amides is 2. The van der Waals surface area contributed by atoms with Crippen molar-refractivity contribution in [2.45, 2.75) is 13.3 Å². The van der Waals surface area contributed by atoms with E-state index in [1.807, 2.05) is 6.92 Å². The standard InChI is InChI=1S/C13H17N5O2S/c1-10-15-9-11(21-10)16-12(19)13(20)18-7-5-17(6-8-18)4-2-3-14/h9H,2,4-8H2,1H3,(H,16,19). The van der Waals surface area contributed by atoms with Crippen molar-refractivity contribution >= 4 is 28.2 Å². The first kappa shape index (κ1) is 15.4. The van der Waals surface area contributed by atoms with Gasteiger partial charge >= 0.3 is 11.8 Å². The number of thiazole rings is 1. The fourth-order valence-electron chi connectivity index (χ4n) is 2.11. The first-order valence-electron chi connectivity index (χ1n) is 6.72. The van der Waals surface area contributed by atoms with Crippen LogP contribution >= 0.6 is 11.3 Å². The molecule has 7 nitrogen and oxygen atoms in total. The maximum Gasteiger partial charge on any atom is 0.314 e. The molecule has 1 aromatic rings. The molecular weight excluding hydrogens is 290 g/mol. The number of piperazine rings is 1. The van der Waals surface area contributed by atoms with Crippen LogP contribution in [-0.2, 0) is 9.59 Å². The van der Waals surface area contributed by atoms with E-state index in [0.717, 1.165) is 5.01 Å². The van der Waals surface area contributed by atoms with Gasteiger partial charge in [-0.1, -0.05) is 0 Å². The van der Waals surface area contributed by atoms with Crippen LogP contribution in [0.4, 0.5) is 5.00 Å². The molecule has 0 aromatic carbocycles. The quantitative estimate of drug-likeness (QED) is 0.819. The summed E-state index contributed by atoms with van der Waals surface area (Å²) in [6.45, 7) is 4.97. The molecule has 8 heteroatoms. The molecule has 0 saturated carbocycles. The lowest BCUT2D eigenvalue weighted by molar-refractivity contribution is -0.144. The van der Waals surface area contributed by atoms with E-state index in [1.54, 1.807) is 11.1 Å². The number of nitrogens with one attached hydrogen (secondary N) is 1. The molecule has 1 aromatic heterocycles. The topological polar surface area (TPSA) is 89.3 Å². The minimum absolute atomic E-state index is 0.485. The van der Waals surface area contributed by atoms with Crippen LogP contribution in [0.5, 0.6) is 0 Å². The molecule has 2 amide bonds. The summed E-state index contributed by atoms with van der Waals surface area (Å²) >= 11 is 1.34. The summed E-state index contributed by atoms with van der Waals surface area (Å²) in [6, 6.07) is 2.11. The fourth-order valence-corrected chi connectivity index (χ4v) is 2.78. The lowest BCUT2D eigenvalue weighted by atomic mass is 10.3. The van der Waals surface area contributed by atoms with Gasteiger partial charge in [0, 0.05) is 39.1 Å². The third kappa shape index (κ3) is 4.24. The highest BCUT2D eigenvalue weighted by atomic mass is 32.1. The molecular formula is C13H17N5O2S. The van der Waals surface area contributed by atoms with Gasteiger partial charge in [0.25, 0.3) is 0 Å². The van der Waals surface area contributed by atoms with E-state index in [1.165, 1.54) is 11.3 Å². The predicted molar refractivity (Wildman–Crippen MR) is 78.7 cm³/mol. The molecule has 1 saturated heterocycles. The number of carbonyl (C=O) groups is 2. The minimum atomic E-state index is -0.621. The Hall–Kier alpha value is -1.98. The van der Waals surface area contributed by atoms with Crippen molar-refractivity contribution < 1.29 is 9.59 Å². The Labute approximate surface area is 127 Å². The second kappa shape index (κ2) is 7.15. The molecule has 1 N–H and O–H groups in total. The van der Waals surface area contributed by atoms with Crippen molar-refractivity contribution in [3.63, 3.8) is 0 Å². The lowest BCUT2D eigenvalue weighted by Gasteiger charge is -2.33. The van der Waals surface area contributed by atoms with Gasteiger partial charge in [0.05, 0.1) is 17.3 Å². The van der Waals surface area contributed by atoms with Crippen LogP contribution in [0.3, 0.4) is 0 Å². The van der Waals surface area contributed by atoms with Crippen LogP contribution in [0.15, 0.2) is 6.20 Å². The van der Waals surface area contributed by atoms with Crippen molar-refractivity contribution in [1.82, 2.24) is 14.8 Å². The van der Waals surface area contributed by atoms with Gasteiger partial charge in [-0.15, -0.1) is 11.3 Å². The van der Waals surface area contributed by atoms with Crippen molar-refractivity contribution in [1.29, 1.82) is 5.26 Å². The Morgan fingerprint density at radius 1 is 1.43 bits per heavy atom. The summed E-state index contributed by atoms with van der Waals surface area (Å²) in [5.74, 6) is -1.13. The number of aryl methyl sites for hydroxylation is 1. The molecule has 112 valence electrons. The second-order valence-corrected chi connectivity index (χ2v) is 5.97. The number of hydrogen-bond donors (Lipinski definition) is 1. The summed E-state index contributed by atoms with van der Waals surface area (Å²) < 4.78 is 0. The highest BCUT2D eigenvalue weighted by Gasteiger charge is 2.26. The molecule has 2 heterocycles. The van der Waals surface area contributed by atoms with Gasteiger partial charge in [-0.2, -0.15) is 5.26 Å². The number of hydrogen-bond acceptors (Lipinski definition) is 6. The summed E-state index contributed by atoms with van der Waals surface area (Å²) in [6.07, 6.45) is 2.03. The van der Waals surface area contributed by atoms with E-state index in [2.05, 4.69) is 21.3 Å². The van der Waals surface area contributed by atoms with Crippen LogP contribution in [0.25, 0.3) is 0 Å². The first-order valence-corrected chi connectivity index (χ1v) is 7.54. The van der Waals surface area contributed by atoms with Crippen LogP contribution in [0.1, 0.15) is 11.4 Å². The molecule has 0 aliphatic carbocycles. The van der Waals surface area contributed by atoms with Crippen LogP contribution < -0.4 is 5.32 Å². The normalized spacial score (nSPS) is 15.5. The number of carbonyl (C=O) groups excluding carboxylic acids is 2. The third-order valence-electron chi connectivity index (χ3n) is 3.25. The van der Waals surface area contributed by atoms with E-state index in [-0.39, 0.29) is 0 Å².